The molecule has 2 heterocycles. The molecule has 1 aliphatic rings. The molecule has 0 bridgehead atoms. The van der Waals surface area contributed by atoms with Crippen LogP contribution in [0.3, 0.4) is 0 Å². The van der Waals surface area contributed by atoms with Crippen LogP contribution < -0.4 is 22.1 Å². The Hall–Kier alpha value is -3.43. The molecule has 0 saturated heterocycles. The minimum atomic E-state index is -0.516. The van der Waals surface area contributed by atoms with E-state index in [0.717, 1.165) is 29.1 Å². The molecule has 0 aliphatic carbocycles. The van der Waals surface area contributed by atoms with Gasteiger partial charge in [-0.2, -0.15) is 10.5 Å². The number of benzene rings is 1. The molecule has 1 atom stereocenters. The number of nitriles is 2. The molecule has 0 spiro atoms. The normalized spacial score (nSPS) is 14.8. The number of anilines is 3. The number of nitrogens with zero attached hydrogens (tertiary/aromatic N) is 4. The minimum absolute atomic E-state index is 0.0359. The number of aromatic nitrogens is 1. The van der Waals surface area contributed by atoms with Crippen molar-refractivity contribution in [3.8, 4) is 12.3 Å². The molecule has 1 aromatic heterocycles. The van der Waals surface area contributed by atoms with Crippen molar-refractivity contribution in [3.63, 3.8) is 0 Å². The Morgan fingerprint density at radius 3 is 2.79 bits per heavy atom. The van der Waals surface area contributed by atoms with E-state index in [4.69, 9.17) is 16.7 Å². The predicted molar refractivity (Wildman–Crippen MR) is 112 cm³/mol. The summed E-state index contributed by atoms with van der Waals surface area (Å²) in [6.07, 6.45) is 4.07. The maximum absolute atomic E-state index is 9.43. The zero-order valence-corrected chi connectivity index (χ0v) is 16.2. The fourth-order valence-electron chi connectivity index (χ4n) is 2.97. The number of pyridine rings is 1. The van der Waals surface area contributed by atoms with E-state index in [1.54, 1.807) is 11.8 Å². The molecule has 1 unspecified atom stereocenters. The molecule has 8 nitrogen and oxygen atoms in total. The number of fused-ring (bicyclic) bond motifs is 1. The van der Waals surface area contributed by atoms with Crippen LogP contribution in [0.5, 0.6) is 0 Å². The first-order chi connectivity index (χ1) is 13.6. The summed E-state index contributed by atoms with van der Waals surface area (Å²) in [5.41, 5.74) is 14.1. The van der Waals surface area contributed by atoms with Crippen molar-refractivity contribution in [2.75, 3.05) is 22.5 Å². The first kappa shape index (κ1) is 19.3. The van der Waals surface area contributed by atoms with Gasteiger partial charge in [0.2, 0.25) is 5.96 Å². The molecule has 28 heavy (non-hydrogen) atoms. The van der Waals surface area contributed by atoms with Crippen molar-refractivity contribution in [2.24, 2.45) is 4.99 Å². The number of hydrogen-bond acceptors (Lipinski definition) is 9. The monoisotopic (exact) mass is 392 g/mol. The molecule has 3 rings (SSSR count). The number of nitrogens with two attached hydrogens (primary N) is 2. The van der Waals surface area contributed by atoms with E-state index >= 15 is 0 Å². The molecule has 0 amide bonds. The van der Waals surface area contributed by atoms with Gasteiger partial charge < -0.3 is 16.8 Å². The number of aliphatic imine (C=N–C) groups is 1. The summed E-state index contributed by atoms with van der Waals surface area (Å²) in [5, 5.41) is 23.9. The first-order valence-corrected chi connectivity index (χ1v) is 9.79. The Kier molecular flexibility index (Phi) is 5.87. The van der Waals surface area contributed by atoms with Gasteiger partial charge in [0.25, 0.3) is 0 Å². The summed E-state index contributed by atoms with van der Waals surface area (Å²) in [7, 11) is 0. The molecular weight excluding hydrogens is 372 g/mol. The van der Waals surface area contributed by atoms with Crippen molar-refractivity contribution < 1.29 is 0 Å². The summed E-state index contributed by atoms with van der Waals surface area (Å²) in [4.78, 5) is 9.98. The molecule has 1 aliphatic heterocycles. The topological polar surface area (TPSA) is 149 Å². The molecule has 9 heteroatoms. The van der Waals surface area contributed by atoms with Crippen LogP contribution in [0.25, 0.3) is 0 Å². The lowest BCUT2D eigenvalue weighted by Gasteiger charge is -2.27. The van der Waals surface area contributed by atoms with Gasteiger partial charge in [0, 0.05) is 10.5 Å². The molecule has 2 aromatic rings. The van der Waals surface area contributed by atoms with Crippen LogP contribution in [-0.4, -0.2) is 16.7 Å². The van der Waals surface area contributed by atoms with E-state index in [2.05, 4.69) is 27.5 Å². The Bertz CT molecular complexity index is 1000. The lowest BCUT2D eigenvalue weighted by molar-refractivity contribution is 0.826. The third-order valence-electron chi connectivity index (χ3n) is 4.33. The quantitative estimate of drug-likeness (QED) is 0.262. The number of unbranched alkanes of at least 4 members (excludes halogenated alkanes) is 1. The second-order valence-electron chi connectivity index (χ2n) is 6.14. The molecule has 0 fully saturated rings. The van der Waals surface area contributed by atoms with Crippen LogP contribution in [0.4, 0.5) is 17.3 Å². The second-order valence-corrected chi connectivity index (χ2v) is 7.28. The van der Waals surface area contributed by atoms with E-state index in [1.165, 1.54) is 0 Å². The SMILES string of the molecule is CCCCSc1ccccc1C1N=C(NC#N)Nc2nc(N)c(C#N)c(N)c21. The van der Waals surface area contributed by atoms with Gasteiger partial charge >= 0.3 is 0 Å². The highest BCUT2D eigenvalue weighted by molar-refractivity contribution is 7.99. The number of thioether (sulfide) groups is 1. The summed E-state index contributed by atoms with van der Waals surface area (Å²) >= 11 is 1.75. The summed E-state index contributed by atoms with van der Waals surface area (Å²) in [6.45, 7) is 2.15. The van der Waals surface area contributed by atoms with Gasteiger partial charge in [0.05, 0.1) is 5.69 Å². The van der Waals surface area contributed by atoms with Gasteiger partial charge in [-0.3, -0.25) is 5.32 Å². The van der Waals surface area contributed by atoms with Crippen LogP contribution in [0, 0.1) is 22.8 Å². The zero-order chi connectivity index (χ0) is 20.1. The van der Waals surface area contributed by atoms with Crippen molar-refractivity contribution in [1.82, 2.24) is 10.3 Å². The van der Waals surface area contributed by atoms with Gasteiger partial charge in [-0.25, -0.2) is 9.98 Å². The highest BCUT2D eigenvalue weighted by Gasteiger charge is 2.30. The second kappa shape index (κ2) is 8.51. The summed E-state index contributed by atoms with van der Waals surface area (Å²) in [6, 6.07) is 9.42. The standard InChI is InChI=1S/C19H20N8S/c1-2-3-8-28-13-7-5-4-6-11(13)16-14-15(22)12(9-20)17(23)26-18(14)27-19(25-16)24-10-21/h4-7,16H,2-3,8H2,1H3,(H6,22,23,24,25,26,27). The molecule has 6 N–H and O–H groups in total. The zero-order valence-electron chi connectivity index (χ0n) is 15.4. The maximum atomic E-state index is 9.43. The Labute approximate surface area is 167 Å². The van der Waals surface area contributed by atoms with Gasteiger partial charge in [-0.15, -0.1) is 11.8 Å². The number of nitrogen functional groups attached to an aromatic ring is 2. The fourth-order valence-corrected chi connectivity index (χ4v) is 4.14. The summed E-state index contributed by atoms with van der Waals surface area (Å²) < 4.78 is 0. The van der Waals surface area contributed by atoms with Crippen molar-refractivity contribution in [3.05, 3.63) is 41.0 Å². The van der Waals surface area contributed by atoms with E-state index in [9.17, 15) is 5.26 Å². The van der Waals surface area contributed by atoms with Crippen LogP contribution in [0.2, 0.25) is 0 Å². The number of guanidine groups is 1. The highest BCUT2D eigenvalue weighted by Crippen LogP contribution is 2.43. The minimum Gasteiger partial charge on any atom is -0.397 e. The van der Waals surface area contributed by atoms with Crippen molar-refractivity contribution in [2.45, 2.75) is 30.7 Å². The number of rotatable bonds is 5. The third-order valence-corrected chi connectivity index (χ3v) is 5.50. The average Bonchev–Trinajstić information content (AvgIpc) is 2.68. The smallest absolute Gasteiger partial charge is 0.211 e. The van der Waals surface area contributed by atoms with Crippen molar-refractivity contribution >= 4 is 35.0 Å². The van der Waals surface area contributed by atoms with E-state index < -0.39 is 6.04 Å². The lowest BCUT2D eigenvalue weighted by atomic mass is 9.95. The molecule has 0 radical (unpaired) electrons. The Morgan fingerprint density at radius 2 is 2.07 bits per heavy atom. The average molecular weight is 392 g/mol. The maximum Gasteiger partial charge on any atom is 0.211 e. The van der Waals surface area contributed by atoms with Gasteiger partial charge in [-0.1, -0.05) is 31.5 Å². The third kappa shape index (κ3) is 3.66. The van der Waals surface area contributed by atoms with Gasteiger partial charge in [0.1, 0.15) is 29.3 Å². The molecular formula is C19H20N8S. The highest BCUT2D eigenvalue weighted by atomic mass is 32.2. The Morgan fingerprint density at radius 1 is 1.29 bits per heavy atom. The van der Waals surface area contributed by atoms with Gasteiger partial charge in [0.15, 0.2) is 6.19 Å². The van der Waals surface area contributed by atoms with E-state index in [1.807, 2.05) is 36.5 Å². The van der Waals surface area contributed by atoms with Crippen LogP contribution in [0.1, 0.15) is 42.5 Å². The van der Waals surface area contributed by atoms with E-state index in [0.29, 0.717) is 11.4 Å². The van der Waals surface area contributed by atoms with Gasteiger partial charge in [-0.05, 0) is 23.8 Å². The lowest BCUT2D eigenvalue weighted by Crippen LogP contribution is -2.32. The van der Waals surface area contributed by atoms with Crippen LogP contribution >= 0.6 is 11.8 Å². The fraction of sp³-hybridized carbons (Fsp3) is 0.263. The molecule has 1 aromatic carbocycles. The van der Waals surface area contributed by atoms with Crippen LogP contribution in [0.15, 0.2) is 34.2 Å². The summed E-state index contributed by atoms with van der Waals surface area (Å²) in [5.74, 6) is 1.66. The molecule has 0 saturated carbocycles. The van der Waals surface area contributed by atoms with Crippen LogP contribution in [-0.2, 0) is 0 Å². The first-order valence-electron chi connectivity index (χ1n) is 8.81. The number of hydrogen-bond donors (Lipinski definition) is 4. The van der Waals surface area contributed by atoms with Crippen molar-refractivity contribution in [1.29, 1.82) is 10.5 Å². The Balaban J connectivity index is 2.16. The number of nitrogens with one attached hydrogen (secondary N) is 2. The molecule has 142 valence electrons. The predicted octanol–water partition coefficient (Wildman–Crippen LogP) is 2.95. The van der Waals surface area contributed by atoms with E-state index in [-0.39, 0.29) is 23.0 Å². The largest absolute Gasteiger partial charge is 0.397 e.